The summed E-state index contributed by atoms with van der Waals surface area (Å²) in [6.45, 7) is -0.187. The second kappa shape index (κ2) is 3.66. The number of benzene rings is 1. The highest BCUT2D eigenvalue weighted by Crippen LogP contribution is 2.13. The summed E-state index contributed by atoms with van der Waals surface area (Å²) >= 11 is 0. The summed E-state index contributed by atoms with van der Waals surface area (Å²) in [6, 6.07) is 6.33. The predicted octanol–water partition coefficient (Wildman–Crippen LogP) is -0.0207. The summed E-state index contributed by atoms with van der Waals surface area (Å²) in [5.41, 5.74) is 0.634. The van der Waals surface area contributed by atoms with Gasteiger partial charge in [0.25, 0.3) is 5.56 Å². The highest BCUT2D eigenvalue weighted by atomic mass is 16.2. The van der Waals surface area contributed by atoms with Gasteiger partial charge >= 0.3 is 6.03 Å². The molecule has 0 bridgehead atoms. The van der Waals surface area contributed by atoms with Crippen LogP contribution in [0, 0.1) is 0 Å². The molecule has 1 saturated heterocycles. The van der Waals surface area contributed by atoms with Crippen molar-refractivity contribution < 1.29 is 9.59 Å². The van der Waals surface area contributed by atoms with Crippen molar-refractivity contribution in [3.63, 3.8) is 0 Å². The SMILES string of the molecule is O=C1CN(c2nc3ccccc3[nH]c2=O)C(=O)N1. The number of amides is 3. The van der Waals surface area contributed by atoms with Crippen LogP contribution in [0.4, 0.5) is 10.6 Å². The Morgan fingerprint density at radius 2 is 1.94 bits per heavy atom. The van der Waals surface area contributed by atoms with Crippen LogP contribution >= 0.6 is 0 Å². The molecule has 18 heavy (non-hydrogen) atoms. The first-order valence-electron chi connectivity index (χ1n) is 5.25. The molecule has 3 amide bonds. The van der Waals surface area contributed by atoms with Gasteiger partial charge < -0.3 is 4.98 Å². The molecule has 2 N–H and O–H groups in total. The number of hydrogen-bond acceptors (Lipinski definition) is 4. The molecule has 2 aromatic rings. The van der Waals surface area contributed by atoms with Crippen LogP contribution in [0.15, 0.2) is 29.1 Å². The molecule has 0 radical (unpaired) electrons. The van der Waals surface area contributed by atoms with Crippen molar-refractivity contribution in [2.75, 3.05) is 11.4 Å². The summed E-state index contributed by atoms with van der Waals surface area (Å²) in [5, 5.41) is 2.10. The molecule has 0 spiro atoms. The van der Waals surface area contributed by atoms with Crippen LogP contribution < -0.4 is 15.8 Å². The monoisotopic (exact) mass is 244 g/mol. The first-order valence-corrected chi connectivity index (χ1v) is 5.25. The number of urea groups is 1. The average molecular weight is 244 g/mol. The molecule has 1 aliphatic heterocycles. The standard InChI is InChI=1S/C11H8N4O3/c16-8-5-15(11(18)14-8)9-10(17)13-7-4-2-1-3-6(7)12-9/h1-4H,5H2,(H,13,17)(H,14,16,18). The number of imide groups is 1. The zero-order chi connectivity index (χ0) is 12.7. The van der Waals surface area contributed by atoms with Crippen LogP contribution in [0.5, 0.6) is 0 Å². The molecule has 1 fully saturated rings. The zero-order valence-corrected chi connectivity index (χ0v) is 9.14. The molecule has 7 heteroatoms. The van der Waals surface area contributed by atoms with Crippen molar-refractivity contribution in [2.24, 2.45) is 0 Å². The van der Waals surface area contributed by atoms with E-state index in [1.165, 1.54) is 0 Å². The van der Waals surface area contributed by atoms with E-state index in [0.717, 1.165) is 4.90 Å². The molecule has 1 aliphatic rings. The first kappa shape index (κ1) is 10.5. The maximum Gasteiger partial charge on any atom is 0.330 e. The summed E-state index contributed by atoms with van der Waals surface area (Å²) in [4.78, 5) is 42.1. The highest BCUT2D eigenvalue weighted by molar-refractivity contribution is 6.11. The van der Waals surface area contributed by atoms with Crippen LogP contribution in [0.1, 0.15) is 0 Å². The lowest BCUT2D eigenvalue weighted by Crippen LogP contribution is -2.33. The van der Waals surface area contributed by atoms with Crippen molar-refractivity contribution >= 4 is 28.8 Å². The molecule has 3 rings (SSSR count). The van der Waals surface area contributed by atoms with Gasteiger partial charge in [-0.3, -0.25) is 19.8 Å². The summed E-state index contributed by atoms with van der Waals surface area (Å²) in [5.74, 6) is -0.522. The van der Waals surface area contributed by atoms with E-state index in [-0.39, 0.29) is 12.4 Å². The summed E-state index contributed by atoms with van der Waals surface area (Å²) in [6.07, 6.45) is 0. The minimum atomic E-state index is -0.631. The van der Waals surface area contributed by atoms with Crippen molar-refractivity contribution in [2.45, 2.75) is 0 Å². The van der Waals surface area contributed by atoms with Crippen molar-refractivity contribution in [3.8, 4) is 0 Å². The number of H-pyrrole nitrogens is 1. The van der Waals surface area contributed by atoms with Crippen LogP contribution in [0.25, 0.3) is 11.0 Å². The number of hydrogen-bond donors (Lipinski definition) is 2. The van der Waals surface area contributed by atoms with E-state index in [2.05, 4.69) is 15.3 Å². The fourth-order valence-corrected chi connectivity index (χ4v) is 1.82. The third kappa shape index (κ3) is 1.53. The van der Waals surface area contributed by atoms with E-state index >= 15 is 0 Å². The van der Waals surface area contributed by atoms with Crippen LogP contribution in [0.3, 0.4) is 0 Å². The number of para-hydroxylation sites is 2. The zero-order valence-electron chi connectivity index (χ0n) is 9.14. The van der Waals surface area contributed by atoms with E-state index in [1.807, 2.05) is 0 Å². The Bertz CT molecular complexity index is 722. The van der Waals surface area contributed by atoms with Crippen LogP contribution in [-0.2, 0) is 4.79 Å². The lowest BCUT2D eigenvalue weighted by molar-refractivity contribution is -0.117. The Kier molecular flexibility index (Phi) is 2.12. The van der Waals surface area contributed by atoms with E-state index < -0.39 is 17.5 Å². The van der Waals surface area contributed by atoms with Crippen molar-refractivity contribution in [1.82, 2.24) is 15.3 Å². The second-order valence-corrected chi connectivity index (χ2v) is 3.85. The van der Waals surface area contributed by atoms with Gasteiger partial charge in [0.1, 0.15) is 6.54 Å². The molecule has 0 atom stereocenters. The minimum Gasteiger partial charge on any atom is -0.317 e. The molecule has 2 heterocycles. The van der Waals surface area contributed by atoms with Gasteiger partial charge in [0.15, 0.2) is 0 Å². The average Bonchev–Trinajstić information content (AvgIpc) is 2.67. The third-order valence-corrected chi connectivity index (χ3v) is 2.63. The molecule has 7 nitrogen and oxygen atoms in total. The minimum absolute atomic E-state index is 0.0722. The molecular weight excluding hydrogens is 236 g/mol. The molecular formula is C11H8N4O3. The van der Waals surface area contributed by atoms with E-state index in [1.54, 1.807) is 24.3 Å². The van der Waals surface area contributed by atoms with Crippen LogP contribution in [-0.4, -0.2) is 28.5 Å². The highest BCUT2D eigenvalue weighted by Gasteiger charge is 2.30. The van der Waals surface area contributed by atoms with E-state index in [0.29, 0.717) is 11.0 Å². The predicted molar refractivity (Wildman–Crippen MR) is 63.2 cm³/mol. The number of rotatable bonds is 1. The van der Waals surface area contributed by atoms with Crippen LogP contribution in [0.2, 0.25) is 0 Å². The number of aromatic nitrogens is 2. The molecule has 0 aliphatic carbocycles. The number of nitrogens with one attached hydrogen (secondary N) is 2. The Morgan fingerprint density at radius 3 is 2.67 bits per heavy atom. The van der Waals surface area contributed by atoms with Gasteiger partial charge in [-0.15, -0.1) is 0 Å². The number of fused-ring (bicyclic) bond motifs is 1. The van der Waals surface area contributed by atoms with Crippen molar-refractivity contribution in [1.29, 1.82) is 0 Å². The largest absolute Gasteiger partial charge is 0.330 e. The maximum absolute atomic E-state index is 11.8. The van der Waals surface area contributed by atoms with E-state index in [4.69, 9.17) is 0 Å². The topological polar surface area (TPSA) is 95.2 Å². The van der Waals surface area contributed by atoms with Gasteiger partial charge in [0.05, 0.1) is 11.0 Å². The fourth-order valence-electron chi connectivity index (χ4n) is 1.82. The number of carbonyl (C=O) groups excluding carboxylic acids is 2. The van der Waals surface area contributed by atoms with Gasteiger partial charge in [-0.25, -0.2) is 9.78 Å². The van der Waals surface area contributed by atoms with Gasteiger partial charge in [-0.1, -0.05) is 12.1 Å². The first-order chi connectivity index (χ1) is 8.65. The van der Waals surface area contributed by atoms with Gasteiger partial charge in [-0.2, -0.15) is 0 Å². The third-order valence-electron chi connectivity index (χ3n) is 2.63. The van der Waals surface area contributed by atoms with Crippen molar-refractivity contribution in [3.05, 3.63) is 34.6 Å². The molecule has 1 aromatic carbocycles. The summed E-state index contributed by atoms with van der Waals surface area (Å²) < 4.78 is 0. The number of carbonyl (C=O) groups is 2. The van der Waals surface area contributed by atoms with Gasteiger partial charge in [-0.05, 0) is 12.1 Å². The lowest BCUT2D eigenvalue weighted by atomic mass is 10.3. The second-order valence-electron chi connectivity index (χ2n) is 3.85. The van der Waals surface area contributed by atoms with Gasteiger partial charge in [0, 0.05) is 0 Å². The Morgan fingerprint density at radius 1 is 1.17 bits per heavy atom. The molecule has 90 valence electrons. The Hall–Kier alpha value is -2.70. The normalized spacial score (nSPS) is 15.2. The smallest absolute Gasteiger partial charge is 0.317 e. The molecule has 1 aromatic heterocycles. The summed E-state index contributed by atoms with van der Waals surface area (Å²) in [7, 11) is 0. The van der Waals surface area contributed by atoms with E-state index in [9.17, 15) is 14.4 Å². The Balaban J connectivity index is 2.18. The Labute approximate surface area is 100 Å². The lowest BCUT2D eigenvalue weighted by Gasteiger charge is -2.11. The maximum atomic E-state index is 11.8. The number of nitrogens with zero attached hydrogens (tertiary/aromatic N) is 2. The fraction of sp³-hybridized carbons (Fsp3) is 0.0909. The molecule has 0 unspecified atom stereocenters. The molecule has 0 saturated carbocycles. The number of aromatic amines is 1. The number of anilines is 1. The van der Waals surface area contributed by atoms with Gasteiger partial charge in [0.2, 0.25) is 11.7 Å². The quantitative estimate of drug-likeness (QED) is 0.689.